The Morgan fingerprint density at radius 1 is 0.974 bits per heavy atom. The third-order valence-electron chi connectivity index (χ3n) is 6.93. The van der Waals surface area contributed by atoms with Crippen LogP contribution in [0.25, 0.3) is 0 Å². The van der Waals surface area contributed by atoms with E-state index in [1.54, 1.807) is 26.0 Å². The number of ether oxygens (including phenoxy) is 6. The highest BCUT2D eigenvalue weighted by Gasteiger charge is 2.53. The predicted octanol–water partition coefficient (Wildman–Crippen LogP) is 1.79. The van der Waals surface area contributed by atoms with E-state index in [2.05, 4.69) is 0 Å². The molecule has 39 heavy (non-hydrogen) atoms. The van der Waals surface area contributed by atoms with Crippen LogP contribution >= 0.6 is 0 Å². The van der Waals surface area contributed by atoms with Crippen molar-refractivity contribution in [1.29, 1.82) is 0 Å². The van der Waals surface area contributed by atoms with Gasteiger partial charge in [-0.15, -0.1) is 0 Å². The molecule has 1 aliphatic carbocycles. The second-order valence-electron chi connectivity index (χ2n) is 10.8. The summed E-state index contributed by atoms with van der Waals surface area (Å²) < 4.78 is 33.2. The maximum absolute atomic E-state index is 12.1. The number of Topliss-reactive ketones (excluding diaryl/α,β-unsaturated/α-hetero) is 1. The monoisotopic (exact) mass is 556 g/mol. The van der Waals surface area contributed by atoms with Crippen LogP contribution in [0, 0.1) is 11.3 Å². The molecule has 220 valence electrons. The number of hydrogen-bond donors (Lipinski definition) is 1. The zero-order valence-electron chi connectivity index (χ0n) is 23.8. The molecule has 1 saturated carbocycles. The van der Waals surface area contributed by atoms with Gasteiger partial charge in [-0.05, 0) is 12.8 Å². The van der Waals surface area contributed by atoms with Crippen molar-refractivity contribution in [3.8, 4) is 0 Å². The summed E-state index contributed by atoms with van der Waals surface area (Å²) in [4.78, 5) is 59.4. The maximum atomic E-state index is 12.1. The molecular weight excluding hydrogens is 516 g/mol. The van der Waals surface area contributed by atoms with Gasteiger partial charge < -0.3 is 33.5 Å². The van der Waals surface area contributed by atoms with Crippen molar-refractivity contribution in [2.75, 3.05) is 6.61 Å². The van der Waals surface area contributed by atoms with Gasteiger partial charge in [-0.2, -0.15) is 0 Å². The van der Waals surface area contributed by atoms with E-state index in [9.17, 15) is 29.1 Å². The third-order valence-corrected chi connectivity index (χ3v) is 6.93. The fraction of sp³-hybridized carbons (Fsp3) is 0.741. The summed E-state index contributed by atoms with van der Waals surface area (Å²) in [5.41, 5.74) is -2.04. The standard InChI is InChI=1S/C27H40O12/c1-14-11-20(32)12-26(7,8)27(14,33)10-9-15(2)35-25-24(38-19(6)31)23(37-18(5)30)22(36-17(4)29)21(39-25)13-34-16(3)28/h9-10,14-15,21-25,33H,11-13H2,1-8H3/b10-9+/t14-,15-,21-,22-,23+,24-,25-,27-/m1/s1. The Morgan fingerprint density at radius 3 is 2.03 bits per heavy atom. The zero-order chi connectivity index (χ0) is 29.7. The van der Waals surface area contributed by atoms with Gasteiger partial charge in [0.1, 0.15) is 18.5 Å². The van der Waals surface area contributed by atoms with E-state index in [1.807, 2.05) is 13.8 Å². The van der Waals surface area contributed by atoms with Crippen LogP contribution in [0.3, 0.4) is 0 Å². The first-order chi connectivity index (χ1) is 18.0. The summed E-state index contributed by atoms with van der Waals surface area (Å²) in [6.07, 6.45) is -3.57. The summed E-state index contributed by atoms with van der Waals surface area (Å²) in [6.45, 7) is 11.3. The van der Waals surface area contributed by atoms with Gasteiger partial charge in [0.2, 0.25) is 0 Å². The van der Waals surface area contributed by atoms with Crippen LogP contribution in [0.5, 0.6) is 0 Å². The first kappa shape index (κ1) is 32.4. The van der Waals surface area contributed by atoms with E-state index >= 15 is 0 Å². The molecule has 0 aromatic rings. The van der Waals surface area contributed by atoms with E-state index in [1.165, 1.54) is 6.92 Å². The Morgan fingerprint density at radius 2 is 1.51 bits per heavy atom. The van der Waals surface area contributed by atoms with Gasteiger partial charge in [0, 0.05) is 46.0 Å². The second-order valence-corrected chi connectivity index (χ2v) is 10.8. The molecule has 2 fully saturated rings. The van der Waals surface area contributed by atoms with Crippen molar-refractivity contribution < 1.29 is 57.5 Å². The fourth-order valence-corrected chi connectivity index (χ4v) is 5.10. The lowest BCUT2D eigenvalue weighted by atomic mass is 9.60. The quantitative estimate of drug-likeness (QED) is 0.249. The molecule has 12 nitrogen and oxygen atoms in total. The van der Waals surface area contributed by atoms with E-state index in [0.717, 1.165) is 20.8 Å². The minimum atomic E-state index is -1.36. The number of esters is 4. The van der Waals surface area contributed by atoms with Crippen molar-refractivity contribution in [3.63, 3.8) is 0 Å². The third kappa shape index (κ3) is 8.33. The highest BCUT2D eigenvalue weighted by atomic mass is 16.7. The molecule has 1 aliphatic heterocycles. The number of carbonyl (C=O) groups is 5. The highest BCUT2D eigenvalue weighted by Crippen LogP contribution is 2.46. The van der Waals surface area contributed by atoms with Gasteiger partial charge in [-0.1, -0.05) is 32.9 Å². The molecule has 0 unspecified atom stereocenters. The summed E-state index contributed by atoms with van der Waals surface area (Å²) in [5.74, 6) is -3.12. The number of hydrogen-bond acceptors (Lipinski definition) is 12. The van der Waals surface area contributed by atoms with Gasteiger partial charge in [0.15, 0.2) is 24.6 Å². The molecular formula is C27H40O12. The minimum Gasteiger partial charge on any atom is -0.463 e. The van der Waals surface area contributed by atoms with Crippen molar-refractivity contribution in [2.24, 2.45) is 11.3 Å². The lowest BCUT2D eigenvalue weighted by molar-refractivity contribution is -0.312. The molecule has 1 saturated heterocycles. The van der Waals surface area contributed by atoms with E-state index in [0.29, 0.717) is 0 Å². The molecule has 2 rings (SSSR count). The van der Waals surface area contributed by atoms with Crippen LogP contribution in [0.15, 0.2) is 12.2 Å². The van der Waals surface area contributed by atoms with E-state index in [4.69, 9.17) is 28.4 Å². The molecule has 0 spiro atoms. The Kier molecular flexibility index (Phi) is 10.8. The average molecular weight is 557 g/mol. The summed E-state index contributed by atoms with van der Waals surface area (Å²) in [5, 5.41) is 11.5. The second kappa shape index (κ2) is 13.0. The van der Waals surface area contributed by atoms with E-state index in [-0.39, 0.29) is 31.1 Å². The number of rotatable bonds is 9. The molecule has 8 atom stereocenters. The lowest BCUT2D eigenvalue weighted by Crippen LogP contribution is -2.63. The number of ketones is 1. The van der Waals surface area contributed by atoms with Crippen LogP contribution in [-0.2, 0) is 52.4 Å². The van der Waals surface area contributed by atoms with Crippen molar-refractivity contribution in [3.05, 3.63) is 12.2 Å². The maximum Gasteiger partial charge on any atom is 0.303 e. The zero-order valence-corrected chi connectivity index (χ0v) is 23.8. The first-order valence-electron chi connectivity index (χ1n) is 12.9. The largest absolute Gasteiger partial charge is 0.463 e. The Hall–Kier alpha value is -2.83. The SMILES string of the molecule is CC(=O)OC[C@H]1O[C@@H](O[C@H](C)/C=C/[C@@]2(O)[C@H](C)CC(=O)CC2(C)C)[C@H](OC(C)=O)[C@@H](OC(C)=O)[C@@H]1OC(C)=O. The normalized spacial score (nSPS) is 33.2. The molecule has 12 heteroatoms. The Bertz CT molecular complexity index is 972. The molecule has 1 heterocycles. The van der Waals surface area contributed by atoms with Crippen LogP contribution in [-0.4, -0.2) is 83.8 Å². The highest BCUT2D eigenvalue weighted by molar-refractivity contribution is 5.81. The smallest absolute Gasteiger partial charge is 0.303 e. The Labute approximate surface area is 228 Å². The van der Waals surface area contributed by atoms with Gasteiger partial charge in [-0.3, -0.25) is 24.0 Å². The van der Waals surface area contributed by atoms with Gasteiger partial charge in [0.05, 0.1) is 11.7 Å². The summed E-state index contributed by atoms with van der Waals surface area (Å²) >= 11 is 0. The van der Waals surface area contributed by atoms with E-state index < -0.39 is 71.7 Å². The van der Waals surface area contributed by atoms with Gasteiger partial charge in [-0.25, -0.2) is 0 Å². The predicted molar refractivity (Wildman–Crippen MR) is 134 cm³/mol. The van der Waals surface area contributed by atoms with Crippen LogP contribution in [0.1, 0.15) is 68.2 Å². The number of aliphatic hydroxyl groups is 1. The lowest BCUT2D eigenvalue weighted by Gasteiger charge is -2.48. The van der Waals surface area contributed by atoms with Crippen LogP contribution < -0.4 is 0 Å². The minimum absolute atomic E-state index is 0.0763. The Balaban J connectivity index is 2.39. The van der Waals surface area contributed by atoms with Crippen LogP contribution in [0.4, 0.5) is 0 Å². The summed E-state index contributed by atoms with van der Waals surface area (Å²) in [6, 6.07) is 0. The average Bonchev–Trinajstić information content (AvgIpc) is 2.77. The van der Waals surface area contributed by atoms with Crippen LogP contribution in [0.2, 0.25) is 0 Å². The van der Waals surface area contributed by atoms with Crippen molar-refractivity contribution in [1.82, 2.24) is 0 Å². The first-order valence-corrected chi connectivity index (χ1v) is 12.9. The van der Waals surface area contributed by atoms with Crippen molar-refractivity contribution in [2.45, 2.75) is 111 Å². The fourth-order valence-electron chi connectivity index (χ4n) is 5.10. The van der Waals surface area contributed by atoms with Gasteiger partial charge >= 0.3 is 23.9 Å². The van der Waals surface area contributed by atoms with Crippen molar-refractivity contribution >= 4 is 29.7 Å². The molecule has 0 aromatic carbocycles. The topological polar surface area (TPSA) is 161 Å². The molecule has 0 amide bonds. The molecule has 0 aromatic heterocycles. The number of carbonyl (C=O) groups excluding carboxylic acids is 5. The molecule has 0 radical (unpaired) electrons. The van der Waals surface area contributed by atoms with Gasteiger partial charge in [0.25, 0.3) is 0 Å². The molecule has 0 bridgehead atoms. The molecule has 2 aliphatic rings. The molecule has 1 N–H and O–H groups in total. The summed E-state index contributed by atoms with van der Waals surface area (Å²) in [7, 11) is 0.